The van der Waals surface area contributed by atoms with Crippen LogP contribution < -0.4 is 15.8 Å². The molecule has 3 aromatic rings. The standard InChI is InChI=1S/C18H15FN4O2/c1-25-16-6-5-11(9-14(16)17(20)24)15-7-8-21-18(23-15)22-13-4-2-3-12(19)10-13/h2-10H,1H3,(H2,20,24)(H,21,22,23). The molecule has 0 atom stereocenters. The Balaban J connectivity index is 1.94. The van der Waals surface area contributed by atoms with E-state index in [-0.39, 0.29) is 11.4 Å². The molecule has 3 N–H and O–H groups in total. The normalized spacial score (nSPS) is 10.3. The Labute approximate surface area is 143 Å². The van der Waals surface area contributed by atoms with Crippen LogP contribution in [0.3, 0.4) is 0 Å². The van der Waals surface area contributed by atoms with Gasteiger partial charge in [-0.05, 0) is 42.5 Å². The van der Waals surface area contributed by atoms with Gasteiger partial charge in [-0.15, -0.1) is 0 Å². The van der Waals surface area contributed by atoms with Crippen molar-refractivity contribution in [2.75, 3.05) is 12.4 Å². The number of rotatable bonds is 5. The van der Waals surface area contributed by atoms with E-state index in [0.717, 1.165) is 0 Å². The number of methoxy groups -OCH3 is 1. The highest BCUT2D eigenvalue weighted by Crippen LogP contribution is 2.26. The number of ether oxygens (including phenoxy) is 1. The summed E-state index contributed by atoms with van der Waals surface area (Å²) in [5.41, 5.74) is 7.44. The highest BCUT2D eigenvalue weighted by atomic mass is 19.1. The summed E-state index contributed by atoms with van der Waals surface area (Å²) in [6.07, 6.45) is 1.57. The van der Waals surface area contributed by atoms with Gasteiger partial charge in [0.25, 0.3) is 5.91 Å². The Morgan fingerprint density at radius 3 is 2.76 bits per heavy atom. The third-order valence-electron chi connectivity index (χ3n) is 3.50. The molecule has 0 bridgehead atoms. The predicted molar refractivity (Wildman–Crippen MR) is 92.2 cm³/mol. The number of carbonyl (C=O) groups is 1. The van der Waals surface area contributed by atoms with Crippen molar-refractivity contribution in [3.05, 3.63) is 66.1 Å². The molecule has 0 aliphatic heterocycles. The van der Waals surface area contributed by atoms with Crippen molar-refractivity contribution >= 4 is 17.5 Å². The minimum Gasteiger partial charge on any atom is -0.496 e. The van der Waals surface area contributed by atoms with E-state index in [2.05, 4.69) is 15.3 Å². The van der Waals surface area contributed by atoms with Gasteiger partial charge in [0.1, 0.15) is 11.6 Å². The molecule has 0 saturated carbocycles. The Morgan fingerprint density at radius 1 is 1.20 bits per heavy atom. The number of nitrogens with one attached hydrogen (secondary N) is 1. The molecule has 1 amide bonds. The Morgan fingerprint density at radius 2 is 2.04 bits per heavy atom. The van der Waals surface area contributed by atoms with Crippen molar-refractivity contribution in [1.82, 2.24) is 9.97 Å². The predicted octanol–water partition coefficient (Wildman–Crippen LogP) is 3.13. The summed E-state index contributed by atoms with van der Waals surface area (Å²) in [5.74, 6) is -0.253. The van der Waals surface area contributed by atoms with E-state index >= 15 is 0 Å². The number of primary amides is 1. The number of anilines is 2. The number of aromatic nitrogens is 2. The van der Waals surface area contributed by atoms with Crippen molar-refractivity contribution in [2.45, 2.75) is 0 Å². The Kier molecular flexibility index (Phi) is 4.56. The topological polar surface area (TPSA) is 90.1 Å². The number of hydrogen-bond acceptors (Lipinski definition) is 5. The number of benzene rings is 2. The van der Waals surface area contributed by atoms with E-state index in [4.69, 9.17) is 10.5 Å². The molecule has 1 aromatic heterocycles. The molecule has 0 fully saturated rings. The zero-order valence-electron chi connectivity index (χ0n) is 13.4. The van der Waals surface area contributed by atoms with Crippen molar-refractivity contribution in [1.29, 1.82) is 0 Å². The van der Waals surface area contributed by atoms with Gasteiger partial charge >= 0.3 is 0 Å². The molecule has 7 heteroatoms. The summed E-state index contributed by atoms with van der Waals surface area (Å²) in [5, 5.41) is 2.94. The number of halogens is 1. The zero-order chi connectivity index (χ0) is 17.8. The number of nitrogens with zero attached hydrogens (tertiary/aromatic N) is 2. The van der Waals surface area contributed by atoms with Gasteiger partial charge in [-0.25, -0.2) is 14.4 Å². The SMILES string of the molecule is COc1ccc(-c2ccnc(Nc3cccc(F)c3)n2)cc1C(N)=O. The lowest BCUT2D eigenvalue weighted by Gasteiger charge is -2.09. The van der Waals surface area contributed by atoms with E-state index in [1.54, 1.807) is 42.6 Å². The van der Waals surface area contributed by atoms with Gasteiger partial charge in [0.05, 0.1) is 18.4 Å². The van der Waals surface area contributed by atoms with Crippen LogP contribution in [0.4, 0.5) is 16.0 Å². The summed E-state index contributed by atoms with van der Waals surface area (Å²) in [6.45, 7) is 0. The van der Waals surface area contributed by atoms with Crippen LogP contribution in [0.1, 0.15) is 10.4 Å². The first kappa shape index (κ1) is 16.4. The van der Waals surface area contributed by atoms with Crippen LogP contribution in [0.2, 0.25) is 0 Å². The van der Waals surface area contributed by atoms with Crippen LogP contribution in [0.15, 0.2) is 54.7 Å². The second-order valence-electron chi connectivity index (χ2n) is 5.18. The van der Waals surface area contributed by atoms with Crippen molar-refractivity contribution in [3.63, 3.8) is 0 Å². The average Bonchev–Trinajstić information content (AvgIpc) is 2.61. The van der Waals surface area contributed by atoms with Gasteiger partial charge in [-0.1, -0.05) is 6.07 Å². The fourth-order valence-electron chi connectivity index (χ4n) is 2.33. The molecule has 2 aromatic carbocycles. The maximum atomic E-state index is 13.3. The van der Waals surface area contributed by atoms with Crippen molar-refractivity contribution < 1.29 is 13.9 Å². The quantitative estimate of drug-likeness (QED) is 0.746. The molecule has 0 unspecified atom stereocenters. The monoisotopic (exact) mass is 338 g/mol. The molecular formula is C18H15FN4O2. The minimum absolute atomic E-state index is 0.262. The van der Waals surface area contributed by atoms with E-state index < -0.39 is 5.91 Å². The van der Waals surface area contributed by atoms with Crippen LogP contribution in [0.25, 0.3) is 11.3 Å². The van der Waals surface area contributed by atoms with Gasteiger partial charge in [-0.2, -0.15) is 0 Å². The number of nitrogens with two attached hydrogens (primary N) is 1. The molecule has 0 aliphatic rings. The molecule has 0 spiro atoms. The summed E-state index contributed by atoms with van der Waals surface area (Å²) in [4.78, 5) is 20.1. The van der Waals surface area contributed by atoms with Gasteiger partial charge in [0, 0.05) is 17.4 Å². The number of carbonyl (C=O) groups excluding carboxylic acids is 1. The maximum absolute atomic E-state index is 13.3. The van der Waals surface area contributed by atoms with Crippen LogP contribution in [0, 0.1) is 5.82 Å². The summed E-state index contributed by atoms with van der Waals surface area (Å²) in [6, 6.07) is 12.7. The van der Waals surface area contributed by atoms with Crippen LogP contribution in [-0.4, -0.2) is 23.0 Å². The van der Waals surface area contributed by atoms with E-state index in [9.17, 15) is 9.18 Å². The largest absolute Gasteiger partial charge is 0.496 e. The van der Waals surface area contributed by atoms with Gasteiger partial charge in [0.2, 0.25) is 5.95 Å². The molecule has 1 heterocycles. The smallest absolute Gasteiger partial charge is 0.252 e. The molecule has 126 valence electrons. The lowest BCUT2D eigenvalue weighted by Crippen LogP contribution is -2.12. The summed E-state index contributed by atoms with van der Waals surface area (Å²) in [7, 11) is 1.47. The van der Waals surface area contributed by atoms with Crippen LogP contribution >= 0.6 is 0 Å². The van der Waals surface area contributed by atoms with E-state index in [0.29, 0.717) is 28.6 Å². The molecule has 0 saturated heterocycles. The lowest BCUT2D eigenvalue weighted by atomic mass is 10.1. The molecule has 0 radical (unpaired) electrons. The summed E-state index contributed by atoms with van der Waals surface area (Å²) < 4.78 is 18.4. The lowest BCUT2D eigenvalue weighted by molar-refractivity contribution is 0.0997. The second kappa shape index (κ2) is 6.96. The summed E-state index contributed by atoms with van der Waals surface area (Å²) >= 11 is 0. The Bertz CT molecular complexity index is 930. The third kappa shape index (κ3) is 3.72. The van der Waals surface area contributed by atoms with Gasteiger partial charge in [-0.3, -0.25) is 4.79 Å². The maximum Gasteiger partial charge on any atom is 0.252 e. The van der Waals surface area contributed by atoms with E-state index in [1.807, 2.05) is 0 Å². The number of hydrogen-bond donors (Lipinski definition) is 2. The first-order valence-electron chi connectivity index (χ1n) is 7.40. The first-order chi connectivity index (χ1) is 12.1. The molecular weight excluding hydrogens is 323 g/mol. The van der Waals surface area contributed by atoms with Gasteiger partial charge in [0.15, 0.2) is 0 Å². The third-order valence-corrected chi connectivity index (χ3v) is 3.50. The Hall–Kier alpha value is -3.48. The fourth-order valence-corrected chi connectivity index (χ4v) is 2.33. The highest BCUT2D eigenvalue weighted by Gasteiger charge is 2.12. The number of amides is 1. The average molecular weight is 338 g/mol. The molecule has 25 heavy (non-hydrogen) atoms. The fraction of sp³-hybridized carbons (Fsp3) is 0.0556. The van der Waals surface area contributed by atoms with E-state index in [1.165, 1.54) is 19.2 Å². The van der Waals surface area contributed by atoms with Crippen molar-refractivity contribution in [3.8, 4) is 17.0 Å². The second-order valence-corrected chi connectivity index (χ2v) is 5.18. The highest BCUT2D eigenvalue weighted by molar-refractivity contribution is 5.97. The van der Waals surface area contributed by atoms with Crippen molar-refractivity contribution in [2.24, 2.45) is 5.73 Å². The minimum atomic E-state index is -0.592. The van der Waals surface area contributed by atoms with Crippen LogP contribution in [-0.2, 0) is 0 Å². The molecule has 3 rings (SSSR count). The zero-order valence-corrected chi connectivity index (χ0v) is 13.4. The van der Waals surface area contributed by atoms with Crippen LogP contribution in [0.5, 0.6) is 5.75 Å². The molecule has 0 aliphatic carbocycles. The molecule has 6 nitrogen and oxygen atoms in total. The first-order valence-corrected chi connectivity index (χ1v) is 7.40. The van der Waals surface area contributed by atoms with Gasteiger partial charge < -0.3 is 15.8 Å².